The fraction of sp³-hybridized carbons (Fsp3) is 0.312. The van der Waals surface area contributed by atoms with Gasteiger partial charge in [0.25, 0.3) is 5.91 Å². The normalized spacial score (nSPS) is 12.2. The Morgan fingerprint density at radius 2 is 2.00 bits per heavy atom. The van der Waals surface area contributed by atoms with Gasteiger partial charge in [-0.1, -0.05) is 0 Å². The number of benzene rings is 1. The number of carboxylic acid groups (broad SMARTS) is 1. The van der Waals surface area contributed by atoms with E-state index in [1.165, 1.54) is 12.1 Å². The maximum atomic E-state index is 12.4. The third-order valence-electron chi connectivity index (χ3n) is 3.19. The van der Waals surface area contributed by atoms with Gasteiger partial charge in [0.1, 0.15) is 6.04 Å². The minimum absolute atomic E-state index is 0.217. The van der Waals surface area contributed by atoms with Crippen molar-refractivity contribution < 1.29 is 23.5 Å². The highest BCUT2D eigenvalue weighted by molar-refractivity contribution is 7.98. The molecule has 9 heteroatoms. The second-order valence-corrected chi connectivity index (χ2v) is 7.27. The quantitative estimate of drug-likeness (QED) is 0.678. The van der Waals surface area contributed by atoms with Crippen LogP contribution in [0.4, 0.5) is 8.78 Å². The molecule has 0 bridgehead atoms. The van der Waals surface area contributed by atoms with Gasteiger partial charge in [-0.25, -0.2) is 18.6 Å². The van der Waals surface area contributed by atoms with Gasteiger partial charge in [0, 0.05) is 28.0 Å². The Kier molecular flexibility index (Phi) is 6.89. The molecule has 0 saturated carbocycles. The van der Waals surface area contributed by atoms with Gasteiger partial charge < -0.3 is 10.4 Å². The van der Waals surface area contributed by atoms with Gasteiger partial charge in [0.15, 0.2) is 0 Å². The summed E-state index contributed by atoms with van der Waals surface area (Å²) in [6.45, 7) is 1.94. The van der Waals surface area contributed by atoms with E-state index in [-0.39, 0.29) is 5.56 Å². The Hall–Kier alpha value is -2.00. The predicted molar refractivity (Wildman–Crippen MR) is 92.4 cm³/mol. The molecule has 0 spiro atoms. The second kappa shape index (κ2) is 8.91. The van der Waals surface area contributed by atoms with Crippen LogP contribution in [-0.4, -0.2) is 34.4 Å². The summed E-state index contributed by atoms with van der Waals surface area (Å²) in [5.41, 5.74) is 1.19. The molecule has 0 radical (unpaired) electrons. The number of carbonyl (C=O) groups excluding carboxylic acids is 1. The van der Waals surface area contributed by atoms with Crippen LogP contribution in [0.25, 0.3) is 0 Å². The molecule has 1 aromatic carbocycles. The first-order valence-electron chi connectivity index (χ1n) is 7.31. The topological polar surface area (TPSA) is 79.3 Å². The number of aryl methyl sites for hydroxylation is 1. The lowest BCUT2D eigenvalue weighted by atomic mass is 10.1. The van der Waals surface area contributed by atoms with Crippen LogP contribution in [-0.2, 0) is 10.5 Å². The van der Waals surface area contributed by atoms with E-state index in [0.29, 0.717) is 5.75 Å². The van der Waals surface area contributed by atoms with Crippen LogP contribution in [0.5, 0.6) is 0 Å². The molecule has 1 atom stereocenters. The number of aliphatic carboxylic acids is 1. The number of thiazole rings is 1. The molecular weight excluding hydrogens is 370 g/mol. The van der Waals surface area contributed by atoms with E-state index in [4.69, 9.17) is 5.11 Å². The van der Waals surface area contributed by atoms with Crippen LogP contribution in [0.15, 0.2) is 34.5 Å². The van der Waals surface area contributed by atoms with E-state index < -0.39 is 30.8 Å². The van der Waals surface area contributed by atoms with Crippen molar-refractivity contribution in [3.05, 3.63) is 45.9 Å². The molecular formula is C16H16F2N2O3S2. The number of hydrogen-bond acceptors (Lipinski definition) is 5. The summed E-state index contributed by atoms with van der Waals surface area (Å²) in [5.74, 6) is -1.48. The van der Waals surface area contributed by atoms with Gasteiger partial charge in [-0.05, 0) is 31.2 Å². The van der Waals surface area contributed by atoms with Crippen LogP contribution in [0.2, 0.25) is 0 Å². The smallest absolute Gasteiger partial charge is 0.326 e. The zero-order chi connectivity index (χ0) is 18.4. The van der Waals surface area contributed by atoms with Crippen molar-refractivity contribution in [3.63, 3.8) is 0 Å². The first-order valence-corrected chi connectivity index (χ1v) is 9.17. The lowest BCUT2D eigenvalue weighted by molar-refractivity contribution is -0.140. The summed E-state index contributed by atoms with van der Waals surface area (Å²) in [6, 6.07) is 4.90. The standard InChI is InChI=1S/C16H16F2N2O3S2/c1-9-19-11(7-24-9)8-25-12-4-2-10(3-5-12)15(21)20-13(16(22)23)6-14(17)18/h2-5,7,13-14H,6,8H2,1H3,(H,20,21)(H,22,23). The van der Waals surface area contributed by atoms with Gasteiger partial charge in [-0.2, -0.15) is 0 Å². The zero-order valence-electron chi connectivity index (χ0n) is 13.2. The Bertz CT molecular complexity index is 735. The molecule has 0 aliphatic rings. The SMILES string of the molecule is Cc1nc(CSc2ccc(C(=O)NC(CC(F)F)C(=O)O)cc2)cs1. The lowest BCUT2D eigenvalue weighted by Gasteiger charge is -2.14. The van der Waals surface area contributed by atoms with Crippen molar-refractivity contribution >= 4 is 35.0 Å². The average molecular weight is 386 g/mol. The third-order valence-corrected chi connectivity index (χ3v) is 5.06. The molecule has 2 rings (SSSR count). The van der Waals surface area contributed by atoms with Crippen molar-refractivity contribution in [1.82, 2.24) is 10.3 Å². The summed E-state index contributed by atoms with van der Waals surface area (Å²) in [7, 11) is 0. The number of carboxylic acids is 1. The molecule has 0 aliphatic carbocycles. The summed E-state index contributed by atoms with van der Waals surface area (Å²) in [4.78, 5) is 28.2. The Morgan fingerprint density at radius 3 is 2.52 bits per heavy atom. The molecule has 2 aromatic rings. The summed E-state index contributed by atoms with van der Waals surface area (Å²) < 4.78 is 24.7. The Balaban J connectivity index is 1.93. The predicted octanol–water partition coefficient (Wildman–Crippen LogP) is 3.58. The second-order valence-electron chi connectivity index (χ2n) is 5.16. The molecule has 1 heterocycles. The third kappa shape index (κ3) is 6.09. The maximum absolute atomic E-state index is 12.4. The fourth-order valence-corrected chi connectivity index (χ4v) is 3.48. The number of hydrogen-bond donors (Lipinski definition) is 2. The molecule has 0 fully saturated rings. The Morgan fingerprint density at radius 1 is 1.32 bits per heavy atom. The molecule has 0 aliphatic heterocycles. The highest BCUT2D eigenvalue weighted by atomic mass is 32.2. The summed E-state index contributed by atoms with van der Waals surface area (Å²) >= 11 is 3.13. The van der Waals surface area contributed by atoms with E-state index in [1.807, 2.05) is 12.3 Å². The largest absolute Gasteiger partial charge is 0.480 e. The number of carbonyl (C=O) groups is 2. The van der Waals surface area contributed by atoms with Crippen LogP contribution in [0.1, 0.15) is 27.5 Å². The van der Waals surface area contributed by atoms with Gasteiger partial charge in [0.2, 0.25) is 6.43 Å². The van der Waals surface area contributed by atoms with Gasteiger partial charge in [-0.3, -0.25) is 4.79 Å². The van der Waals surface area contributed by atoms with Crippen molar-refractivity contribution in [2.75, 3.05) is 0 Å². The van der Waals surface area contributed by atoms with E-state index in [0.717, 1.165) is 15.6 Å². The fourth-order valence-electron chi connectivity index (χ4n) is 1.98. The molecule has 5 nitrogen and oxygen atoms in total. The van der Waals surface area contributed by atoms with Crippen molar-refractivity contribution in [3.8, 4) is 0 Å². The van der Waals surface area contributed by atoms with Gasteiger partial charge in [-0.15, -0.1) is 23.1 Å². The van der Waals surface area contributed by atoms with E-state index in [1.54, 1.807) is 35.2 Å². The number of rotatable bonds is 8. The van der Waals surface area contributed by atoms with Crippen molar-refractivity contribution in [1.29, 1.82) is 0 Å². The van der Waals surface area contributed by atoms with E-state index in [2.05, 4.69) is 10.3 Å². The number of halogens is 2. The zero-order valence-corrected chi connectivity index (χ0v) is 14.9. The van der Waals surface area contributed by atoms with Gasteiger partial charge >= 0.3 is 5.97 Å². The number of amides is 1. The number of thioether (sulfide) groups is 1. The molecule has 0 saturated heterocycles. The minimum Gasteiger partial charge on any atom is -0.480 e. The highest BCUT2D eigenvalue weighted by Crippen LogP contribution is 2.24. The van der Waals surface area contributed by atoms with Crippen molar-refractivity contribution in [2.24, 2.45) is 0 Å². The molecule has 1 aromatic heterocycles. The van der Waals surface area contributed by atoms with Crippen LogP contribution in [0.3, 0.4) is 0 Å². The number of nitrogens with one attached hydrogen (secondary N) is 1. The molecule has 2 N–H and O–H groups in total. The van der Waals surface area contributed by atoms with Crippen LogP contribution < -0.4 is 5.32 Å². The first kappa shape index (κ1) is 19.3. The van der Waals surface area contributed by atoms with Crippen molar-refractivity contribution in [2.45, 2.75) is 36.5 Å². The monoisotopic (exact) mass is 386 g/mol. The number of nitrogens with zero attached hydrogens (tertiary/aromatic N) is 1. The summed E-state index contributed by atoms with van der Waals surface area (Å²) in [5, 5.41) is 14.0. The Labute approximate surface area is 151 Å². The molecule has 25 heavy (non-hydrogen) atoms. The summed E-state index contributed by atoms with van der Waals surface area (Å²) in [6.07, 6.45) is -3.74. The first-order chi connectivity index (χ1) is 11.8. The van der Waals surface area contributed by atoms with Crippen LogP contribution >= 0.6 is 23.1 Å². The van der Waals surface area contributed by atoms with E-state index in [9.17, 15) is 18.4 Å². The average Bonchev–Trinajstić information content (AvgIpc) is 2.97. The minimum atomic E-state index is -2.81. The maximum Gasteiger partial charge on any atom is 0.326 e. The number of aromatic nitrogens is 1. The molecule has 134 valence electrons. The molecule has 1 amide bonds. The van der Waals surface area contributed by atoms with Gasteiger partial charge in [0.05, 0.1) is 10.7 Å². The van der Waals surface area contributed by atoms with Crippen LogP contribution in [0, 0.1) is 6.92 Å². The molecule has 1 unspecified atom stereocenters. The number of alkyl halides is 2. The lowest BCUT2D eigenvalue weighted by Crippen LogP contribution is -2.42. The van der Waals surface area contributed by atoms with E-state index >= 15 is 0 Å². The highest BCUT2D eigenvalue weighted by Gasteiger charge is 2.24.